The molecule has 0 spiro atoms. The molecule has 6 heteroatoms. The molecule has 0 aliphatic carbocycles. The maximum absolute atomic E-state index is 10.7. The molecule has 0 radical (unpaired) electrons. The average molecular weight is 189 g/mol. The highest BCUT2D eigenvalue weighted by molar-refractivity contribution is 5.79. The van der Waals surface area contributed by atoms with Crippen molar-refractivity contribution >= 4 is 11.9 Å². The Labute approximate surface area is 74.9 Å². The summed E-state index contributed by atoms with van der Waals surface area (Å²) in [4.78, 5) is 21.7. The van der Waals surface area contributed by atoms with Gasteiger partial charge in [0.1, 0.15) is 6.54 Å². The van der Waals surface area contributed by atoms with Crippen molar-refractivity contribution in [2.75, 3.05) is 19.6 Å². The highest BCUT2D eigenvalue weighted by Crippen LogP contribution is 2.07. The lowest BCUT2D eigenvalue weighted by molar-refractivity contribution is -0.784. The van der Waals surface area contributed by atoms with E-state index in [2.05, 4.69) is 0 Å². The van der Waals surface area contributed by atoms with Crippen LogP contribution in [0.1, 0.15) is 6.42 Å². The molecule has 0 saturated carbocycles. The van der Waals surface area contributed by atoms with Crippen LogP contribution in [0.15, 0.2) is 0 Å². The minimum absolute atomic E-state index is 0.00956. The minimum atomic E-state index is -0.935. The second-order valence-corrected chi connectivity index (χ2v) is 3.27. The Morgan fingerprint density at radius 3 is 2.38 bits per heavy atom. The second-order valence-electron chi connectivity index (χ2n) is 3.27. The molecule has 0 aromatic heterocycles. The topological polar surface area (TPSA) is 105 Å². The van der Waals surface area contributed by atoms with Gasteiger partial charge < -0.3 is 20.8 Å². The minimum Gasteiger partial charge on any atom is -0.481 e. The third kappa shape index (κ3) is 1.78. The summed E-state index contributed by atoms with van der Waals surface area (Å²) in [6.45, 7) is 0.836. The quantitative estimate of drug-likeness (QED) is 0.348. The van der Waals surface area contributed by atoms with Crippen LogP contribution in [0.3, 0.4) is 0 Å². The van der Waals surface area contributed by atoms with Gasteiger partial charge in [0, 0.05) is 0 Å². The van der Waals surface area contributed by atoms with E-state index in [0.29, 0.717) is 13.1 Å². The zero-order valence-corrected chi connectivity index (χ0v) is 7.12. The molecule has 0 bridgehead atoms. The van der Waals surface area contributed by atoms with Crippen molar-refractivity contribution < 1.29 is 24.7 Å². The van der Waals surface area contributed by atoms with Crippen molar-refractivity contribution in [3.05, 3.63) is 0 Å². The van der Waals surface area contributed by atoms with Crippen molar-refractivity contribution in [3.8, 4) is 0 Å². The van der Waals surface area contributed by atoms with Crippen molar-refractivity contribution in [3.63, 3.8) is 0 Å². The summed E-state index contributed by atoms with van der Waals surface area (Å²) >= 11 is 0. The first kappa shape index (κ1) is 9.94. The second kappa shape index (κ2) is 3.31. The third-order valence-corrected chi connectivity index (χ3v) is 2.47. The van der Waals surface area contributed by atoms with Gasteiger partial charge in [-0.25, -0.2) is 4.79 Å². The van der Waals surface area contributed by atoms with Gasteiger partial charge in [0.25, 0.3) is 5.54 Å². The first-order valence-electron chi connectivity index (χ1n) is 4.03. The first-order chi connectivity index (χ1) is 6.03. The van der Waals surface area contributed by atoms with E-state index in [9.17, 15) is 9.59 Å². The summed E-state index contributed by atoms with van der Waals surface area (Å²) in [5, 5.41) is 17.2. The fraction of sp³-hybridized carbons (Fsp3) is 0.714. The SMILES string of the molecule is NCC1(C(=O)O)C[NH+]1CCC(=O)O. The first-order valence-corrected chi connectivity index (χ1v) is 4.03. The molecule has 1 aliphatic rings. The number of rotatable bonds is 5. The third-order valence-electron chi connectivity index (χ3n) is 2.47. The van der Waals surface area contributed by atoms with E-state index in [1.54, 1.807) is 0 Å². The van der Waals surface area contributed by atoms with Gasteiger partial charge in [0.05, 0.1) is 19.5 Å². The van der Waals surface area contributed by atoms with Crippen molar-refractivity contribution in [1.29, 1.82) is 0 Å². The maximum atomic E-state index is 10.7. The Morgan fingerprint density at radius 2 is 2.08 bits per heavy atom. The van der Waals surface area contributed by atoms with Crippen molar-refractivity contribution in [1.82, 2.24) is 0 Å². The van der Waals surface area contributed by atoms with E-state index in [-0.39, 0.29) is 13.0 Å². The molecule has 1 saturated heterocycles. The molecule has 2 atom stereocenters. The Morgan fingerprint density at radius 1 is 1.46 bits per heavy atom. The molecule has 1 fully saturated rings. The zero-order chi connectivity index (χ0) is 10.1. The van der Waals surface area contributed by atoms with Gasteiger partial charge in [-0.05, 0) is 0 Å². The van der Waals surface area contributed by atoms with Gasteiger partial charge >= 0.3 is 11.9 Å². The number of aliphatic carboxylic acids is 2. The molecule has 5 N–H and O–H groups in total. The van der Waals surface area contributed by atoms with Crippen LogP contribution in [-0.2, 0) is 9.59 Å². The molecule has 2 unspecified atom stereocenters. The highest BCUT2D eigenvalue weighted by atomic mass is 16.4. The fourth-order valence-corrected chi connectivity index (χ4v) is 1.44. The van der Waals surface area contributed by atoms with Crippen LogP contribution in [-0.4, -0.2) is 47.3 Å². The van der Waals surface area contributed by atoms with Crippen molar-refractivity contribution in [2.24, 2.45) is 5.73 Å². The number of hydrogen-bond donors (Lipinski definition) is 4. The molecular formula is C7H13N2O4+. The largest absolute Gasteiger partial charge is 0.481 e. The molecule has 1 heterocycles. The predicted molar refractivity (Wildman–Crippen MR) is 42.4 cm³/mol. The van der Waals surface area contributed by atoms with Gasteiger partial charge in [-0.3, -0.25) is 4.79 Å². The molecular weight excluding hydrogens is 176 g/mol. The molecule has 13 heavy (non-hydrogen) atoms. The van der Waals surface area contributed by atoms with Gasteiger partial charge in [0.15, 0.2) is 0 Å². The van der Waals surface area contributed by atoms with Crippen LogP contribution in [0.25, 0.3) is 0 Å². The summed E-state index contributed by atoms with van der Waals surface area (Å²) in [5.41, 5.74) is 4.41. The molecule has 0 aromatic carbocycles. The summed E-state index contributed by atoms with van der Waals surface area (Å²) in [6, 6.07) is 0. The van der Waals surface area contributed by atoms with Gasteiger partial charge in [-0.1, -0.05) is 0 Å². The average Bonchev–Trinajstić information content (AvgIpc) is 2.75. The summed E-state index contributed by atoms with van der Waals surface area (Å²) < 4.78 is 0. The monoisotopic (exact) mass is 189 g/mol. The van der Waals surface area contributed by atoms with Crippen LogP contribution in [0.2, 0.25) is 0 Å². The number of carboxylic acid groups (broad SMARTS) is 2. The fourth-order valence-electron chi connectivity index (χ4n) is 1.44. The van der Waals surface area contributed by atoms with Crippen LogP contribution < -0.4 is 10.6 Å². The molecule has 1 aliphatic heterocycles. The van der Waals surface area contributed by atoms with Crippen LogP contribution >= 0.6 is 0 Å². The molecule has 0 aromatic rings. The number of nitrogens with one attached hydrogen (secondary N) is 1. The Kier molecular flexibility index (Phi) is 2.53. The van der Waals surface area contributed by atoms with E-state index in [0.717, 1.165) is 4.90 Å². The number of hydrogen-bond acceptors (Lipinski definition) is 3. The number of quaternary nitrogens is 1. The maximum Gasteiger partial charge on any atom is 0.373 e. The molecule has 74 valence electrons. The number of carbonyl (C=O) groups is 2. The van der Waals surface area contributed by atoms with Crippen LogP contribution in [0, 0.1) is 0 Å². The lowest BCUT2D eigenvalue weighted by atomic mass is 10.1. The molecule has 0 amide bonds. The highest BCUT2D eigenvalue weighted by Gasteiger charge is 2.64. The van der Waals surface area contributed by atoms with E-state index in [4.69, 9.17) is 15.9 Å². The van der Waals surface area contributed by atoms with Gasteiger partial charge in [0.2, 0.25) is 0 Å². The molecule has 1 rings (SSSR count). The Bertz CT molecular complexity index is 243. The van der Waals surface area contributed by atoms with E-state index in [1.165, 1.54) is 0 Å². The van der Waals surface area contributed by atoms with E-state index in [1.807, 2.05) is 0 Å². The zero-order valence-electron chi connectivity index (χ0n) is 7.12. The summed E-state index contributed by atoms with van der Waals surface area (Å²) in [6.07, 6.45) is -0.00956. The van der Waals surface area contributed by atoms with Crippen molar-refractivity contribution in [2.45, 2.75) is 12.0 Å². The van der Waals surface area contributed by atoms with Crippen LogP contribution in [0.4, 0.5) is 0 Å². The lowest BCUT2D eigenvalue weighted by Crippen LogP contribution is -2.99. The lowest BCUT2D eigenvalue weighted by Gasteiger charge is -2.04. The van der Waals surface area contributed by atoms with Crippen LogP contribution in [0.5, 0.6) is 0 Å². The Hall–Kier alpha value is -1.14. The van der Waals surface area contributed by atoms with E-state index < -0.39 is 17.5 Å². The molecule has 6 nitrogen and oxygen atoms in total. The number of nitrogens with two attached hydrogens (primary N) is 1. The smallest absolute Gasteiger partial charge is 0.373 e. The number of carboxylic acids is 2. The normalized spacial score (nSPS) is 31.3. The van der Waals surface area contributed by atoms with Gasteiger partial charge in [-0.2, -0.15) is 0 Å². The predicted octanol–water partition coefficient (Wildman–Crippen LogP) is -2.86. The van der Waals surface area contributed by atoms with E-state index >= 15 is 0 Å². The summed E-state index contributed by atoms with van der Waals surface area (Å²) in [7, 11) is 0. The summed E-state index contributed by atoms with van der Waals surface area (Å²) in [5.74, 6) is -1.84. The Balaban J connectivity index is 2.42. The van der Waals surface area contributed by atoms with Gasteiger partial charge in [-0.15, -0.1) is 0 Å². The standard InChI is InChI=1S/C7H12N2O4/c8-3-7(6(12)13)4-9(7)2-1-5(10)11/h1-4,8H2,(H,10,11)(H,12,13)/p+1.